The van der Waals surface area contributed by atoms with E-state index in [-0.39, 0.29) is 12.5 Å². The van der Waals surface area contributed by atoms with Crippen LogP contribution in [0, 0.1) is 0 Å². The number of esters is 1. The van der Waals surface area contributed by atoms with E-state index in [1.807, 2.05) is 24.3 Å². The van der Waals surface area contributed by atoms with Crippen LogP contribution in [0.25, 0.3) is 6.08 Å². The Hall–Kier alpha value is -3.28. The highest BCUT2D eigenvalue weighted by Crippen LogP contribution is 2.27. The number of anilines is 1. The zero-order valence-electron chi connectivity index (χ0n) is 15.3. The highest BCUT2D eigenvalue weighted by atomic mass is 16.5. The summed E-state index contributed by atoms with van der Waals surface area (Å²) in [5.41, 5.74) is 2.72. The Morgan fingerprint density at radius 3 is 2.70 bits per heavy atom. The molecule has 1 amide bonds. The number of hydrogen-bond acceptors (Lipinski definition) is 5. The molecule has 6 nitrogen and oxygen atoms in total. The number of ether oxygens (including phenoxy) is 3. The largest absolute Gasteiger partial charge is 0.497 e. The molecule has 0 aliphatic carbocycles. The van der Waals surface area contributed by atoms with E-state index < -0.39 is 5.97 Å². The quantitative estimate of drug-likeness (QED) is 0.580. The Bertz CT molecular complexity index is 875. The van der Waals surface area contributed by atoms with Gasteiger partial charge in [0.2, 0.25) is 0 Å². The third kappa shape index (κ3) is 4.28. The van der Waals surface area contributed by atoms with Crippen molar-refractivity contribution in [3.8, 4) is 11.5 Å². The van der Waals surface area contributed by atoms with Crippen LogP contribution in [0.4, 0.5) is 5.69 Å². The lowest BCUT2D eigenvalue weighted by Crippen LogP contribution is -2.33. The van der Waals surface area contributed by atoms with E-state index >= 15 is 0 Å². The highest BCUT2D eigenvalue weighted by molar-refractivity contribution is 5.98. The second kappa shape index (κ2) is 8.40. The van der Waals surface area contributed by atoms with Gasteiger partial charge in [-0.05, 0) is 36.3 Å². The SMILES string of the molecule is COc1ccc(/C=C/C(=O)OCC(=O)N2CCc3ccccc32)c(OC)c1. The van der Waals surface area contributed by atoms with Gasteiger partial charge in [0, 0.05) is 29.9 Å². The monoisotopic (exact) mass is 367 g/mol. The molecule has 0 spiro atoms. The van der Waals surface area contributed by atoms with E-state index in [4.69, 9.17) is 14.2 Å². The fourth-order valence-corrected chi connectivity index (χ4v) is 2.97. The van der Waals surface area contributed by atoms with Gasteiger partial charge in [-0.2, -0.15) is 0 Å². The molecule has 0 saturated carbocycles. The average Bonchev–Trinajstić information content (AvgIpc) is 3.14. The normalized spacial score (nSPS) is 12.7. The predicted molar refractivity (Wildman–Crippen MR) is 102 cm³/mol. The molecule has 0 saturated heterocycles. The molecule has 1 aliphatic rings. The molecule has 0 atom stereocenters. The van der Waals surface area contributed by atoms with E-state index in [0.717, 1.165) is 17.7 Å². The summed E-state index contributed by atoms with van der Waals surface area (Å²) in [5, 5.41) is 0. The van der Waals surface area contributed by atoms with Crippen LogP contribution in [0.15, 0.2) is 48.5 Å². The lowest BCUT2D eigenvalue weighted by Gasteiger charge is -2.16. The molecule has 0 unspecified atom stereocenters. The van der Waals surface area contributed by atoms with Gasteiger partial charge in [-0.3, -0.25) is 4.79 Å². The van der Waals surface area contributed by atoms with E-state index in [9.17, 15) is 9.59 Å². The Balaban J connectivity index is 1.57. The van der Waals surface area contributed by atoms with E-state index in [2.05, 4.69) is 0 Å². The number of fused-ring (bicyclic) bond motifs is 1. The van der Waals surface area contributed by atoms with Gasteiger partial charge in [0.1, 0.15) is 11.5 Å². The maximum absolute atomic E-state index is 12.3. The average molecular weight is 367 g/mol. The van der Waals surface area contributed by atoms with Crippen molar-refractivity contribution in [1.29, 1.82) is 0 Å². The summed E-state index contributed by atoms with van der Waals surface area (Å²) < 4.78 is 15.5. The minimum absolute atomic E-state index is 0.233. The first-order valence-corrected chi connectivity index (χ1v) is 8.57. The summed E-state index contributed by atoms with van der Waals surface area (Å²) in [7, 11) is 3.11. The zero-order chi connectivity index (χ0) is 19.2. The third-order valence-electron chi connectivity index (χ3n) is 4.37. The molecule has 0 bridgehead atoms. The van der Waals surface area contributed by atoms with Crippen molar-refractivity contribution in [2.24, 2.45) is 0 Å². The first kappa shape index (κ1) is 18.5. The number of nitrogens with zero attached hydrogens (tertiary/aromatic N) is 1. The summed E-state index contributed by atoms with van der Waals surface area (Å²) >= 11 is 0. The first-order chi connectivity index (χ1) is 13.1. The summed E-state index contributed by atoms with van der Waals surface area (Å²) in [6.07, 6.45) is 3.67. The molecule has 1 heterocycles. The van der Waals surface area contributed by atoms with E-state index in [1.165, 1.54) is 13.2 Å². The molecule has 140 valence electrons. The molecule has 6 heteroatoms. The number of carbonyl (C=O) groups excluding carboxylic acids is 2. The number of carbonyl (C=O) groups is 2. The molecule has 27 heavy (non-hydrogen) atoms. The van der Waals surface area contributed by atoms with Gasteiger partial charge in [0.15, 0.2) is 6.61 Å². The summed E-state index contributed by atoms with van der Waals surface area (Å²) in [4.78, 5) is 26.0. The fraction of sp³-hybridized carbons (Fsp3) is 0.238. The van der Waals surface area contributed by atoms with Gasteiger partial charge < -0.3 is 19.1 Å². The van der Waals surface area contributed by atoms with Crippen LogP contribution >= 0.6 is 0 Å². The van der Waals surface area contributed by atoms with Crippen LogP contribution in [0.3, 0.4) is 0 Å². The van der Waals surface area contributed by atoms with Gasteiger partial charge in [-0.1, -0.05) is 18.2 Å². The summed E-state index contributed by atoms with van der Waals surface area (Å²) in [5.74, 6) is 0.406. The molecule has 0 radical (unpaired) electrons. The fourth-order valence-electron chi connectivity index (χ4n) is 2.97. The van der Waals surface area contributed by atoms with Crippen LogP contribution in [-0.4, -0.2) is 39.2 Å². The van der Waals surface area contributed by atoms with Crippen LogP contribution < -0.4 is 14.4 Å². The van der Waals surface area contributed by atoms with Crippen LogP contribution in [0.1, 0.15) is 11.1 Å². The number of methoxy groups -OCH3 is 2. The van der Waals surface area contributed by atoms with Crippen molar-refractivity contribution < 1.29 is 23.8 Å². The molecule has 0 fully saturated rings. The van der Waals surface area contributed by atoms with Gasteiger partial charge in [0.05, 0.1) is 14.2 Å². The molecular formula is C21H21NO5. The second-order valence-corrected chi connectivity index (χ2v) is 5.97. The maximum atomic E-state index is 12.3. The third-order valence-corrected chi connectivity index (χ3v) is 4.37. The van der Waals surface area contributed by atoms with Crippen LogP contribution in [0.2, 0.25) is 0 Å². The topological polar surface area (TPSA) is 65.1 Å². The van der Waals surface area contributed by atoms with Gasteiger partial charge in [0.25, 0.3) is 5.91 Å². The lowest BCUT2D eigenvalue weighted by atomic mass is 10.2. The van der Waals surface area contributed by atoms with Crippen molar-refractivity contribution in [2.75, 3.05) is 32.3 Å². The van der Waals surface area contributed by atoms with Crippen molar-refractivity contribution in [3.63, 3.8) is 0 Å². The molecule has 1 aliphatic heterocycles. The standard InChI is InChI=1S/C21H21NO5/c1-25-17-9-7-16(19(13-17)26-2)8-10-21(24)27-14-20(23)22-12-11-15-5-3-4-6-18(15)22/h3-10,13H,11-12,14H2,1-2H3/b10-8+. The van der Waals surface area contributed by atoms with Crippen molar-refractivity contribution in [2.45, 2.75) is 6.42 Å². The predicted octanol–water partition coefficient (Wildman–Crippen LogP) is 2.85. The van der Waals surface area contributed by atoms with Crippen molar-refractivity contribution in [1.82, 2.24) is 0 Å². The molecule has 3 rings (SSSR count). The smallest absolute Gasteiger partial charge is 0.331 e. The van der Waals surface area contributed by atoms with Gasteiger partial charge >= 0.3 is 5.97 Å². The molecule has 2 aromatic carbocycles. The number of rotatable bonds is 6. The molecule has 2 aromatic rings. The maximum Gasteiger partial charge on any atom is 0.331 e. The van der Waals surface area contributed by atoms with Gasteiger partial charge in [-0.15, -0.1) is 0 Å². The number of amides is 1. The number of benzene rings is 2. The first-order valence-electron chi connectivity index (χ1n) is 8.57. The minimum Gasteiger partial charge on any atom is -0.497 e. The van der Waals surface area contributed by atoms with Crippen LogP contribution in [0.5, 0.6) is 11.5 Å². The van der Waals surface area contributed by atoms with Gasteiger partial charge in [-0.25, -0.2) is 4.79 Å². The van der Waals surface area contributed by atoms with E-state index in [0.29, 0.717) is 23.6 Å². The number of para-hydroxylation sites is 1. The van der Waals surface area contributed by atoms with E-state index in [1.54, 1.807) is 36.3 Å². The Morgan fingerprint density at radius 2 is 1.93 bits per heavy atom. The van der Waals surface area contributed by atoms with Crippen molar-refractivity contribution in [3.05, 3.63) is 59.7 Å². The summed E-state index contributed by atoms with van der Waals surface area (Å²) in [6.45, 7) is 0.311. The Morgan fingerprint density at radius 1 is 1.11 bits per heavy atom. The highest BCUT2D eigenvalue weighted by Gasteiger charge is 2.24. The van der Waals surface area contributed by atoms with Crippen molar-refractivity contribution >= 4 is 23.6 Å². The Kier molecular flexibility index (Phi) is 5.76. The Labute approximate surface area is 158 Å². The minimum atomic E-state index is -0.589. The van der Waals surface area contributed by atoms with Crippen LogP contribution in [-0.2, 0) is 20.7 Å². The molecular weight excluding hydrogens is 346 g/mol. The summed E-state index contributed by atoms with van der Waals surface area (Å²) in [6, 6.07) is 13.0. The number of hydrogen-bond donors (Lipinski definition) is 0. The lowest BCUT2D eigenvalue weighted by molar-refractivity contribution is -0.142. The second-order valence-electron chi connectivity index (χ2n) is 5.97. The molecule has 0 aromatic heterocycles. The zero-order valence-corrected chi connectivity index (χ0v) is 15.3. The molecule has 0 N–H and O–H groups in total.